The maximum absolute atomic E-state index is 12.5. The molecule has 0 aromatic heterocycles. The van der Waals surface area contributed by atoms with Gasteiger partial charge in [0.05, 0.1) is 29.3 Å². The van der Waals surface area contributed by atoms with Crippen LogP contribution in [0.15, 0.2) is 68.6 Å². The van der Waals surface area contributed by atoms with Crippen LogP contribution in [0.2, 0.25) is 0 Å². The molecule has 0 bridgehead atoms. The molecule has 0 fully saturated rings. The molecular weight excluding hydrogens is 551 g/mol. The van der Waals surface area contributed by atoms with Gasteiger partial charge in [-0.05, 0) is 41.8 Å². The number of phenols is 1. The molecule has 0 unspecified atom stereocenters. The number of fused-ring (bicyclic) bond motifs is 1. The molecule has 17 heteroatoms. The van der Waals surface area contributed by atoms with Gasteiger partial charge in [0.25, 0.3) is 10.1 Å². The molecule has 0 amide bonds. The van der Waals surface area contributed by atoms with Crippen LogP contribution in [-0.2, 0) is 34.5 Å². The first-order valence-corrected chi connectivity index (χ1v) is 13.8. The predicted molar refractivity (Wildman–Crippen MR) is 122 cm³/mol. The maximum atomic E-state index is 12.5. The zero-order valence-corrected chi connectivity index (χ0v) is 23.2. The van der Waals surface area contributed by atoms with Crippen molar-refractivity contribution in [3.63, 3.8) is 0 Å². The molecule has 3 aromatic carbocycles. The number of sulfone groups is 1. The second kappa shape index (κ2) is 11.5. The number of aromatic hydroxyl groups is 1. The van der Waals surface area contributed by atoms with Crippen LogP contribution in [0, 0.1) is 0 Å². The van der Waals surface area contributed by atoms with Gasteiger partial charge in [-0.15, -0.1) is 10.2 Å². The van der Waals surface area contributed by atoms with Crippen LogP contribution >= 0.6 is 0 Å². The van der Waals surface area contributed by atoms with E-state index in [2.05, 4.69) is 14.4 Å². The SMILES string of the molecule is COc1ccc(S(=O)(=O)CCOS(=O)(=O)O)cc1N=Nc1c(O)ccc2cc(S(=O)(=O)O)ccc12.[Na+]. The minimum Gasteiger partial charge on any atom is -0.506 e. The van der Waals surface area contributed by atoms with Gasteiger partial charge in [0, 0.05) is 5.39 Å². The Morgan fingerprint density at radius 2 is 1.53 bits per heavy atom. The van der Waals surface area contributed by atoms with Crippen molar-refractivity contribution < 1.29 is 77.9 Å². The Labute approximate surface area is 228 Å². The predicted octanol–water partition coefficient (Wildman–Crippen LogP) is -0.187. The van der Waals surface area contributed by atoms with E-state index in [1.54, 1.807) is 0 Å². The summed E-state index contributed by atoms with van der Waals surface area (Å²) in [4.78, 5) is -0.637. The third kappa shape index (κ3) is 7.44. The smallest absolute Gasteiger partial charge is 0.506 e. The molecular formula is C19H18N2NaO11S3+. The van der Waals surface area contributed by atoms with E-state index in [1.807, 2.05) is 0 Å². The molecule has 3 aromatic rings. The van der Waals surface area contributed by atoms with E-state index in [4.69, 9.17) is 9.29 Å². The monoisotopic (exact) mass is 569 g/mol. The molecule has 3 rings (SSSR count). The number of hydrogen-bond acceptors (Lipinski definition) is 11. The van der Waals surface area contributed by atoms with Crippen LogP contribution in [0.25, 0.3) is 10.8 Å². The average molecular weight is 570 g/mol. The molecule has 0 heterocycles. The minimum absolute atomic E-state index is 0. The van der Waals surface area contributed by atoms with Gasteiger partial charge in [-0.3, -0.25) is 9.11 Å². The number of phenolic OH excluding ortho intramolecular Hbond substituents is 1. The fraction of sp³-hybridized carbons (Fsp3) is 0.158. The summed E-state index contributed by atoms with van der Waals surface area (Å²) in [6, 6.07) is 9.80. The van der Waals surface area contributed by atoms with Crippen molar-refractivity contribution in [2.75, 3.05) is 19.5 Å². The minimum atomic E-state index is -4.81. The van der Waals surface area contributed by atoms with E-state index in [1.165, 1.54) is 43.5 Å². The number of methoxy groups -OCH3 is 1. The normalized spacial score (nSPS) is 12.5. The van der Waals surface area contributed by atoms with Crippen LogP contribution in [0.3, 0.4) is 0 Å². The average Bonchev–Trinajstić information content (AvgIpc) is 2.76. The van der Waals surface area contributed by atoms with Gasteiger partial charge < -0.3 is 9.84 Å². The topological polar surface area (TPSA) is 206 Å². The van der Waals surface area contributed by atoms with Crippen molar-refractivity contribution in [1.29, 1.82) is 0 Å². The van der Waals surface area contributed by atoms with Gasteiger partial charge in [0.15, 0.2) is 9.84 Å². The Hall–Kier alpha value is -2.15. The van der Waals surface area contributed by atoms with Crippen LogP contribution in [-0.4, -0.2) is 58.9 Å². The summed E-state index contributed by atoms with van der Waals surface area (Å²) < 4.78 is 96.1. The van der Waals surface area contributed by atoms with Gasteiger partial charge in [-0.25, -0.2) is 12.6 Å². The molecule has 36 heavy (non-hydrogen) atoms. The Balaban J connectivity index is 0.00000456. The standard InChI is InChI=1S/C19H18N2O11S3.Na/c1-31-18-7-4-13(33(23,24)9-8-32-35(28,29)30)11-16(18)20-21-19-15-5-3-14(34(25,26)27)10-12(15)2-6-17(19)22;/h2-7,10-11,22H,8-9H2,1H3,(H,25,26,27)(H,28,29,30);/q;+1. The molecule has 188 valence electrons. The maximum Gasteiger partial charge on any atom is 1.00 e. The van der Waals surface area contributed by atoms with Crippen molar-refractivity contribution in [3.8, 4) is 11.5 Å². The molecule has 0 radical (unpaired) electrons. The first kappa shape index (κ1) is 30.1. The molecule has 0 aliphatic heterocycles. The van der Waals surface area contributed by atoms with Crippen LogP contribution < -0.4 is 34.3 Å². The summed E-state index contributed by atoms with van der Waals surface area (Å²) in [7, 11) is -12.0. The van der Waals surface area contributed by atoms with Crippen molar-refractivity contribution in [1.82, 2.24) is 0 Å². The van der Waals surface area contributed by atoms with Crippen LogP contribution in [0.1, 0.15) is 0 Å². The number of nitrogens with zero attached hydrogens (tertiary/aromatic N) is 2. The Kier molecular flexibility index (Phi) is 9.60. The molecule has 0 spiro atoms. The fourth-order valence-electron chi connectivity index (χ4n) is 2.96. The molecule has 0 aliphatic carbocycles. The number of hydrogen-bond donors (Lipinski definition) is 3. The Morgan fingerprint density at radius 3 is 2.14 bits per heavy atom. The van der Waals surface area contributed by atoms with Crippen molar-refractivity contribution >= 4 is 52.5 Å². The summed E-state index contributed by atoms with van der Waals surface area (Å²) in [5, 5.41) is 18.8. The number of ether oxygens (including phenoxy) is 1. The fourth-order valence-corrected chi connectivity index (χ4v) is 4.98. The van der Waals surface area contributed by atoms with Gasteiger partial charge in [-0.2, -0.15) is 16.8 Å². The number of azo groups is 1. The Bertz CT molecular complexity index is 1640. The summed E-state index contributed by atoms with van der Waals surface area (Å²) in [5.41, 5.74) is -0.128. The third-order valence-corrected chi connectivity index (χ3v) is 7.58. The van der Waals surface area contributed by atoms with E-state index in [9.17, 15) is 34.9 Å². The van der Waals surface area contributed by atoms with Crippen LogP contribution in [0.4, 0.5) is 11.4 Å². The van der Waals surface area contributed by atoms with Gasteiger partial charge >= 0.3 is 40.0 Å². The van der Waals surface area contributed by atoms with E-state index in [-0.39, 0.29) is 67.6 Å². The molecule has 0 saturated heterocycles. The van der Waals surface area contributed by atoms with E-state index in [0.29, 0.717) is 5.39 Å². The summed E-state index contributed by atoms with van der Waals surface area (Å²) in [6.07, 6.45) is 0. The van der Waals surface area contributed by atoms with Gasteiger partial charge in [0.1, 0.15) is 22.9 Å². The largest absolute Gasteiger partial charge is 1.00 e. The molecule has 0 aliphatic rings. The Morgan fingerprint density at radius 1 is 0.861 bits per heavy atom. The number of rotatable bonds is 9. The van der Waals surface area contributed by atoms with E-state index < -0.39 is 42.7 Å². The molecule has 3 N–H and O–H groups in total. The molecule has 0 atom stereocenters. The zero-order chi connectivity index (χ0) is 26.0. The van der Waals surface area contributed by atoms with Crippen molar-refractivity contribution in [2.24, 2.45) is 10.2 Å². The second-order valence-electron chi connectivity index (χ2n) is 6.89. The summed E-state index contributed by atoms with van der Waals surface area (Å²) in [5.74, 6) is -0.961. The van der Waals surface area contributed by atoms with Crippen molar-refractivity contribution in [3.05, 3.63) is 48.5 Å². The second-order valence-corrected chi connectivity index (χ2v) is 11.5. The zero-order valence-electron chi connectivity index (χ0n) is 18.8. The summed E-state index contributed by atoms with van der Waals surface area (Å²) in [6.45, 7) is -0.820. The van der Waals surface area contributed by atoms with E-state index >= 15 is 0 Å². The third-order valence-electron chi connectivity index (χ3n) is 4.59. The first-order chi connectivity index (χ1) is 16.2. The van der Waals surface area contributed by atoms with Crippen LogP contribution in [0.5, 0.6) is 11.5 Å². The molecule has 0 saturated carbocycles. The first-order valence-electron chi connectivity index (χ1n) is 9.39. The number of benzene rings is 3. The van der Waals surface area contributed by atoms with Gasteiger partial charge in [-0.1, -0.05) is 12.1 Å². The van der Waals surface area contributed by atoms with Gasteiger partial charge in [0.2, 0.25) is 0 Å². The summed E-state index contributed by atoms with van der Waals surface area (Å²) >= 11 is 0. The quantitative estimate of drug-likeness (QED) is 0.175. The van der Waals surface area contributed by atoms with E-state index in [0.717, 1.165) is 12.1 Å². The molecule has 13 nitrogen and oxygen atoms in total. The van der Waals surface area contributed by atoms with Crippen molar-refractivity contribution in [2.45, 2.75) is 9.79 Å².